The van der Waals surface area contributed by atoms with Gasteiger partial charge in [-0.2, -0.15) is 11.8 Å². The summed E-state index contributed by atoms with van der Waals surface area (Å²) in [5.74, 6) is -0.0213. The third-order valence-electron chi connectivity index (χ3n) is 3.82. The van der Waals surface area contributed by atoms with Gasteiger partial charge >= 0.3 is 0 Å². The van der Waals surface area contributed by atoms with Gasteiger partial charge in [0, 0.05) is 36.8 Å². The highest BCUT2D eigenvalue weighted by Gasteiger charge is 2.28. The number of rotatable bonds is 4. The summed E-state index contributed by atoms with van der Waals surface area (Å²) >= 11 is 1.84. The van der Waals surface area contributed by atoms with Crippen molar-refractivity contribution in [3.05, 3.63) is 23.8 Å². The molecule has 0 aromatic heterocycles. The first-order chi connectivity index (χ1) is 9.52. The van der Waals surface area contributed by atoms with E-state index < -0.39 is 0 Å². The van der Waals surface area contributed by atoms with Gasteiger partial charge in [0.15, 0.2) is 0 Å². The molecule has 2 rings (SSSR count). The van der Waals surface area contributed by atoms with Crippen molar-refractivity contribution in [2.24, 2.45) is 0 Å². The lowest BCUT2D eigenvalue weighted by Gasteiger charge is -2.22. The Balaban J connectivity index is 2.18. The Labute approximate surface area is 125 Å². The van der Waals surface area contributed by atoms with Gasteiger partial charge in [0.25, 0.3) is 5.91 Å². The zero-order chi connectivity index (χ0) is 14.7. The van der Waals surface area contributed by atoms with Crippen LogP contribution in [-0.2, 0) is 0 Å². The second-order valence-electron chi connectivity index (χ2n) is 5.46. The maximum absolute atomic E-state index is 12.5. The van der Waals surface area contributed by atoms with E-state index >= 15 is 0 Å². The molecule has 1 fully saturated rings. The van der Waals surface area contributed by atoms with Gasteiger partial charge in [-0.1, -0.05) is 6.42 Å². The molecule has 1 aromatic rings. The summed E-state index contributed by atoms with van der Waals surface area (Å²) in [6.07, 6.45) is 5.55. The second kappa shape index (κ2) is 6.39. The van der Waals surface area contributed by atoms with Crippen molar-refractivity contribution in [3.63, 3.8) is 0 Å². The molecule has 110 valence electrons. The van der Waals surface area contributed by atoms with Crippen LogP contribution in [0.5, 0.6) is 0 Å². The maximum Gasteiger partial charge on any atom is 0.253 e. The minimum Gasteiger partial charge on any atom is -0.399 e. The molecule has 0 bridgehead atoms. The lowest BCUT2D eigenvalue weighted by atomic mass is 10.1. The van der Waals surface area contributed by atoms with E-state index in [9.17, 15) is 4.79 Å². The first-order valence-corrected chi connectivity index (χ1v) is 8.22. The summed E-state index contributed by atoms with van der Waals surface area (Å²) in [7, 11) is 3.87. The fourth-order valence-corrected chi connectivity index (χ4v) is 3.68. The smallest absolute Gasteiger partial charge is 0.253 e. The molecule has 1 aromatic carbocycles. The van der Waals surface area contributed by atoms with E-state index in [0.717, 1.165) is 12.1 Å². The molecule has 0 spiro atoms. The van der Waals surface area contributed by atoms with Crippen molar-refractivity contribution >= 4 is 29.0 Å². The normalized spacial score (nSPS) is 21.8. The predicted octanol–water partition coefficient (Wildman–Crippen LogP) is 2.35. The zero-order valence-electron chi connectivity index (χ0n) is 12.3. The van der Waals surface area contributed by atoms with Crippen LogP contribution in [0.25, 0.3) is 0 Å². The Hall–Kier alpha value is -1.36. The number of carbonyl (C=O) groups excluding carboxylic acids is 1. The molecule has 2 atom stereocenters. The summed E-state index contributed by atoms with van der Waals surface area (Å²) < 4.78 is 0. The van der Waals surface area contributed by atoms with E-state index in [-0.39, 0.29) is 11.9 Å². The van der Waals surface area contributed by atoms with Gasteiger partial charge in [0.05, 0.1) is 5.56 Å². The SMILES string of the molecule is CSC1CCCC1NC(=O)c1cc(N)ccc1N(C)C. The molecule has 0 radical (unpaired) electrons. The minimum absolute atomic E-state index is 0.0213. The quantitative estimate of drug-likeness (QED) is 0.837. The van der Waals surface area contributed by atoms with Crippen LogP contribution >= 0.6 is 11.8 Å². The fraction of sp³-hybridized carbons (Fsp3) is 0.533. The maximum atomic E-state index is 12.5. The zero-order valence-corrected chi connectivity index (χ0v) is 13.2. The summed E-state index contributed by atoms with van der Waals surface area (Å²) in [6.45, 7) is 0. The molecule has 0 saturated heterocycles. The number of benzene rings is 1. The molecule has 0 aliphatic heterocycles. The van der Waals surface area contributed by atoms with Crippen molar-refractivity contribution in [2.75, 3.05) is 31.0 Å². The summed E-state index contributed by atoms with van der Waals surface area (Å²) in [5.41, 5.74) is 8.00. The number of nitrogens with one attached hydrogen (secondary N) is 1. The number of carbonyl (C=O) groups is 1. The average Bonchev–Trinajstić information content (AvgIpc) is 2.85. The number of hydrogen-bond donors (Lipinski definition) is 2. The van der Waals surface area contributed by atoms with E-state index in [1.807, 2.05) is 42.9 Å². The van der Waals surface area contributed by atoms with Crippen LogP contribution in [0.1, 0.15) is 29.6 Å². The van der Waals surface area contributed by atoms with Crippen LogP contribution in [0, 0.1) is 0 Å². The first kappa shape index (κ1) is 15.0. The summed E-state index contributed by atoms with van der Waals surface area (Å²) in [5, 5.41) is 3.71. The van der Waals surface area contributed by atoms with Crippen molar-refractivity contribution < 1.29 is 4.79 Å². The van der Waals surface area contributed by atoms with Crippen molar-refractivity contribution in [1.29, 1.82) is 0 Å². The van der Waals surface area contributed by atoms with Gasteiger partial charge in [0.2, 0.25) is 0 Å². The summed E-state index contributed by atoms with van der Waals surface area (Å²) in [4.78, 5) is 14.5. The van der Waals surface area contributed by atoms with Crippen LogP contribution in [0.3, 0.4) is 0 Å². The monoisotopic (exact) mass is 293 g/mol. The van der Waals surface area contributed by atoms with Gasteiger partial charge < -0.3 is 16.0 Å². The molecule has 20 heavy (non-hydrogen) atoms. The Kier molecular flexibility index (Phi) is 4.81. The van der Waals surface area contributed by atoms with Gasteiger partial charge in [0.1, 0.15) is 0 Å². The third kappa shape index (κ3) is 3.20. The molecular formula is C15H23N3OS. The largest absolute Gasteiger partial charge is 0.399 e. The van der Waals surface area contributed by atoms with E-state index in [1.165, 1.54) is 12.8 Å². The van der Waals surface area contributed by atoms with Crippen LogP contribution in [0.4, 0.5) is 11.4 Å². The third-order valence-corrected chi connectivity index (χ3v) is 4.99. The first-order valence-electron chi connectivity index (χ1n) is 6.93. The molecule has 0 heterocycles. The molecule has 5 heteroatoms. The Morgan fingerprint density at radius 1 is 1.40 bits per heavy atom. The average molecular weight is 293 g/mol. The number of nitrogens with zero attached hydrogens (tertiary/aromatic N) is 1. The van der Waals surface area contributed by atoms with Crippen molar-refractivity contribution in [1.82, 2.24) is 5.32 Å². The molecule has 1 aliphatic rings. The molecule has 4 nitrogen and oxygen atoms in total. The van der Waals surface area contributed by atoms with Gasteiger partial charge in [-0.05, 0) is 37.3 Å². The Morgan fingerprint density at radius 2 is 2.15 bits per heavy atom. The van der Waals surface area contributed by atoms with Crippen LogP contribution in [-0.4, -0.2) is 37.6 Å². The number of amides is 1. The van der Waals surface area contributed by atoms with E-state index in [2.05, 4.69) is 11.6 Å². The predicted molar refractivity (Wildman–Crippen MR) is 87.6 cm³/mol. The Morgan fingerprint density at radius 3 is 2.80 bits per heavy atom. The highest BCUT2D eigenvalue weighted by atomic mass is 32.2. The molecule has 3 N–H and O–H groups in total. The van der Waals surface area contributed by atoms with Crippen molar-refractivity contribution in [3.8, 4) is 0 Å². The van der Waals surface area contributed by atoms with E-state index in [4.69, 9.17) is 5.73 Å². The molecule has 2 unspecified atom stereocenters. The van der Waals surface area contributed by atoms with Crippen molar-refractivity contribution in [2.45, 2.75) is 30.6 Å². The second-order valence-corrected chi connectivity index (χ2v) is 6.53. The molecule has 1 aliphatic carbocycles. The number of anilines is 2. The van der Waals surface area contributed by atoms with Gasteiger partial charge in [-0.15, -0.1) is 0 Å². The minimum atomic E-state index is -0.0213. The summed E-state index contributed by atoms with van der Waals surface area (Å²) in [6, 6.07) is 5.75. The number of thioether (sulfide) groups is 1. The molecule has 1 amide bonds. The van der Waals surface area contributed by atoms with Crippen LogP contribution in [0.15, 0.2) is 18.2 Å². The highest BCUT2D eigenvalue weighted by molar-refractivity contribution is 7.99. The van der Waals surface area contributed by atoms with Crippen LogP contribution in [0.2, 0.25) is 0 Å². The highest BCUT2D eigenvalue weighted by Crippen LogP contribution is 2.29. The van der Waals surface area contributed by atoms with E-state index in [0.29, 0.717) is 16.5 Å². The van der Waals surface area contributed by atoms with E-state index in [1.54, 1.807) is 6.07 Å². The van der Waals surface area contributed by atoms with Gasteiger partial charge in [-0.25, -0.2) is 0 Å². The van der Waals surface area contributed by atoms with Crippen LogP contribution < -0.4 is 16.0 Å². The number of nitrogen functional groups attached to an aromatic ring is 1. The number of nitrogens with two attached hydrogens (primary N) is 1. The lowest BCUT2D eigenvalue weighted by Crippen LogP contribution is -2.39. The Bertz CT molecular complexity index is 490. The molecule has 1 saturated carbocycles. The standard InChI is InChI=1S/C15H23N3OS/c1-18(2)13-8-7-10(16)9-11(13)15(19)17-12-5-4-6-14(12)20-3/h7-9,12,14H,4-6,16H2,1-3H3,(H,17,19). The lowest BCUT2D eigenvalue weighted by molar-refractivity contribution is 0.0939. The van der Waals surface area contributed by atoms with Gasteiger partial charge in [-0.3, -0.25) is 4.79 Å². The number of hydrogen-bond acceptors (Lipinski definition) is 4. The fourth-order valence-electron chi connectivity index (χ4n) is 2.74. The topological polar surface area (TPSA) is 58.4 Å². The molecular weight excluding hydrogens is 270 g/mol.